The number of benzene rings is 1. The average Bonchev–Trinajstić information content (AvgIpc) is 2.40. The number of nitrogens with zero attached hydrogens (tertiary/aromatic N) is 2. The topological polar surface area (TPSA) is 103 Å². The van der Waals surface area contributed by atoms with Crippen LogP contribution in [-0.4, -0.2) is 21.0 Å². The van der Waals surface area contributed by atoms with Crippen LogP contribution < -0.4 is 4.74 Å². The van der Waals surface area contributed by atoms with Crippen LogP contribution in [-0.2, 0) is 0 Å². The van der Waals surface area contributed by atoms with E-state index in [-0.39, 0.29) is 27.2 Å². The summed E-state index contributed by atoms with van der Waals surface area (Å²) >= 11 is 3.11. The van der Waals surface area contributed by atoms with E-state index >= 15 is 0 Å². The number of rotatable bonds is 4. The first-order valence-electron chi connectivity index (χ1n) is 5.70. The zero-order chi connectivity index (χ0) is 15.6. The largest absolute Gasteiger partial charge is 0.478 e. The Morgan fingerprint density at radius 1 is 1.43 bits per heavy atom. The average molecular weight is 353 g/mol. The van der Waals surface area contributed by atoms with Gasteiger partial charge in [-0.15, -0.1) is 0 Å². The maximum atomic E-state index is 11.2. The number of aromatic carboxylic acids is 1. The van der Waals surface area contributed by atoms with Gasteiger partial charge < -0.3 is 9.84 Å². The molecule has 2 rings (SSSR count). The van der Waals surface area contributed by atoms with Crippen molar-refractivity contribution in [1.82, 2.24) is 4.98 Å². The van der Waals surface area contributed by atoms with Crippen molar-refractivity contribution in [2.24, 2.45) is 0 Å². The highest BCUT2D eigenvalue weighted by atomic mass is 79.9. The highest BCUT2D eigenvalue weighted by Gasteiger charge is 2.22. The molecule has 0 spiro atoms. The fourth-order valence-corrected chi connectivity index (χ4v) is 2.05. The standard InChI is InChI=1S/C13H9BrN2O5/c1-7-2-3-8(13(17)18)11(4-7)21-12-9(14)5-15-6-10(12)16(19)20/h2-6H,1H3,(H,17,18). The molecule has 1 aromatic heterocycles. The Morgan fingerprint density at radius 3 is 2.76 bits per heavy atom. The van der Waals surface area contributed by atoms with E-state index in [2.05, 4.69) is 20.9 Å². The first-order valence-corrected chi connectivity index (χ1v) is 6.49. The van der Waals surface area contributed by atoms with E-state index < -0.39 is 10.9 Å². The number of pyridine rings is 1. The first-order chi connectivity index (χ1) is 9.90. The van der Waals surface area contributed by atoms with Crippen LogP contribution in [0.25, 0.3) is 0 Å². The predicted molar refractivity (Wildman–Crippen MR) is 76.8 cm³/mol. The second-order valence-corrected chi connectivity index (χ2v) is 4.99. The molecule has 8 heteroatoms. The number of carboxylic acids is 1. The van der Waals surface area contributed by atoms with Gasteiger partial charge in [0.25, 0.3) is 0 Å². The minimum absolute atomic E-state index is 0.0255. The summed E-state index contributed by atoms with van der Waals surface area (Å²) in [5.41, 5.74) is 0.323. The summed E-state index contributed by atoms with van der Waals surface area (Å²) in [6.45, 7) is 1.76. The van der Waals surface area contributed by atoms with Gasteiger partial charge in [-0.3, -0.25) is 15.1 Å². The van der Waals surface area contributed by atoms with Crippen LogP contribution in [0.5, 0.6) is 11.5 Å². The molecule has 2 aromatic rings. The molecular formula is C13H9BrN2O5. The Hall–Kier alpha value is -2.48. The molecule has 0 radical (unpaired) electrons. The fraction of sp³-hybridized carbons (Fsp3) is 0.0769. The predicted octanol–water partition coefficient (Wildman–Crippen LogP) is 3.55. The zero-order valence-electron chi connectivity index (χ0n) is 10.7. The highest BCUT2D eigenvalue weighted by molar-refractivity contribution is 9.10. The maximum Gasteiger partial charge on any atom is 0.339 e. The number of halogens is 1. The molecule has 1 aromatic carbocycles. The Balaban J connectivity index is 2.55. The van der Waals surface area contributed by atoms with Gasteiger partial charge in [0.15, 0.2) is 0 Å². The van der Waals surface area contributed by atoms with E-state index in [0.717, 1.165) is 11.8 Å². The van der Waals surface area contributed by atoms with Gasteiger partial charge in [-0.1, -0.05) is 6.07 Å². The van der Waals surface area contributed by atoms with Crippen LogP contribution in [0.2, 0.25) is 0 Å². The number of nitro groups is 1. The third-order valence-electron chi connectivity index (χ3n) is 2.61. The molecule has 0 bridgehead atoms. The molecule has 0 amide bonds. The van der Waals surface area contributed by atoms with Crippen molar-refractivity contribution in [3.05, 3.63) is 56.3 Å². The molecule has 0 saturated heterocycles. The lowest BCUT2D eigenvalue weighted by Crippen LogP contribution is -2.02. The van der Waals surface area contributed by atoms with Crippen molar-refractivity contribution in [3.63, 3.8) is 0 Å². The van der Waals surface area contributed by atoms with E-state index in [1.807, 2.05) is 0 Å². The molecule has 0 aliphatic carbocycles. The molecule has 0 atom stereocenters. The van der Waals surface area contributed by atoms with E-state index in [1.165, 1.54) is 18.3 Å². The number of aromatic nitrogens is 1. The van der Waals surface area contributed by atoms with Crippen LogP contribution in [0.3, 0.4) is 0 Å². The molecule has 0 unspecified atom stereocenters. The lowest BCUT2D eigenvalue weighted by Gasteiger charge is -2.11. The monoisotopic (exact) mass is 352 g/mol. The second kappa shape index (κ2) is 5.88. The molecule has 0 aliphatic rings. The fourth-order valence-electron chi connectivity index (χ4n) is 1.64. The quantitative estimate of drug-likeness (QED) is 0.666. The zero-order valence-corrected chi connectivity index (χ0v) is 12.3. The van der Waals surface area contributed by atoms with Gasteiger partial charge in [0, 0.05) is 6.20 Å². The van der Waals surface area contributed by atoms with Crippen LogP contribution in [0.15, 0.2) is 35.1 Å². The number of carboxylic acid groups (broad SMARTS) is 1. The molecule has 0 saturated carbocycles. The van der Waals surface area contributed by atoms with Gasteiger partial charge in [0.2, 0.25) is 5.75 Å². The number of ether oxygens (including phenoxy) is 1. The van der Waals surface area contributed by atoms with Gasteiger partial charge >= 0.3 is 11.7 Å². The van der Waals surface area contributed by atoms with Crippen molar-refractivity contribution in [2.45, 2.75) is 6.92 Å². The van der Waals surface area contributed by atoms with Gasteiger partial charge in [-0.2, -0.15) is 0 Å². The Kier molecular flexibility index (Phi) is 4.18. The third kappa shape index (κ3) is 3.16. The van der Waals surface area contributed by atoms with Crippen molar-refractivity contribution in [2.75, 3.05) is 0 Å². The summed E-state index contributed by atoms with van der Waals surface area (Å²) in [7, 11) is 0. The summed E-state index contributed by atoms with van der Waals surface area (Å²) < 4.78 is 5.72. The van der Waals surface area contributed by atoms with Gasteiger partial charge in [0.1, 0.15) is 17.5 Å². The maximum absolute atomic E-state index is 11.2. The Labute approximate surface area is 127 Å². The smallest absolute Gasteiger partial charge is 0.339 e. The van der Waals surface area contributed by atoms with Crippen LogP contribution >= 0.6 is 15.9 Å². The SMILES string of the molecule is Cc1ccc(C(=O)O)c(Oc2c(Br)cncc2[N+](=O)[O-])c1. The lowest BCUT2D eigenvalue weighted by atomic mass is 10.1. The van der Waals surface area contributed by atoms with Gasteiger partial charge in [0.05, 0.1) is 9.40 Å². The normalized spacial score (nSPS) is 10.2. The molecule has 21 heavy (non-hydrogen) atoms. The van der Waals surface area contributed by atoms with E-state index in [1.54, 1.807) is 13.0 Å². The van der Waals surface area contributed by atoms with Crippen LogP contribution in [0, 0.1) is 17.0 Å². The summed E-state index contributed by atoms with van der Waals surface area (Å²) in [6.07, 6.45) is 2.37. The molecule has 108 valence electrons. The highest BCUT2D eigenvalue weighted by Crippen LogP contribution is 2.38. The third-order valence-corrected chi connectivity index (χ3v) is 3.18. The Bertz CT molecular complexity index is 732. The molecule has 0 aliphatic heterocycles. The van der Waals surface area contributed by atoms with Gasteiger partial charge in [-0.05, 0) is 40.5 Å². The van der Waals surface area contributed by atoms with E-state index in [9.17, 15) is 14.9 Å². The van der Waals surface area contributed by atoms with E-state index in [0.29, 0.717) is 0 Å². The van der Waals surface area contributed by atoms with E-state index in [4.69, 9.17) is 9.84 Å². The van der Waals surface area contributed by atoms with Crippen molar-refractivity contribution >= 4 is 27.6 Å². The van der Waals surface area contributed by atoms with Crippen molar-refractivity contribution in [3.8, 4) is 11.5 Å². The minimum Gasteiger partial charge on any atom is -0.478 e. The molecule has 7 nitrogen and oxygen atoms in total. The molecular weight excluding hydrogens is 344 g/mol. The number of hydrogen-bond donors (Lipinski definition) is 1. The number of hydrogen-bond acceptors (Lipinski definition) is 5. The second-order valence-electron chi connectivity index (χ2n) is 4.13. The molecule has 1 heterocycles. The molecule has 0 fully saturated rings. The number of aryl methyl sites for hydroxylation is 1. The summed E-state index contributed by atoms with van der Waals surface area (Å²) in [5, 5.41) is 20.1. The van der Waals surface area contributed by atoms with Crippen LogP contribution in [0.4, 0.5) is 5.69 Å². The van der Waals surface area contributed by atoms with Gasteiger partial charge in [-0.25, -0.2) is 4.79 Å². The minimum atomic E-state index is -1.18. The molecule has 1 N–H and O–H groups in total. The summed E-state index contributed by atoms with van der Waals surface area (Å²) in [6, 6.07) is 4.50. The van der Waals surface area contributed by atoms with Crippen molar-refractivity contribution < 1.29 is 19.6 Å². The lowest BCUT2D eigenvalue weighted by molar-refractivity contribution is -0.386. The van der Waals surface area contributed by atoms with Crippen molar-refractivity contribution in [1.29, 1.82) is 0 Å². The Morgan fingerprint density at radius 2 is 2.14 bits per heavy atom. The first kappa shape index (κ1) is 14.9. The summed E-state index contributed by atoms with van der Waals surface area (Å²) in [4.78, 5) is 25.2. The summed E-state index contributed by atoms with van der Waals surface area (Å²) in [5.74, 6) is -1.25. The number of carbonyl (C=O) groups is 1. The van der Waals surface area contributed by atoms with Crippen LogP contribution in [0.1, 0.15) is 15.9 Å².